The molecule has 0 bridgehead atoms. The van der Waals surface area contributed by atoms with E-state index in [1.54, 1.807) is 6.07 Å². The van der Waals surface area contributed by atoms with Gasteiger partial charge in [0, 0.05) is 42.2 Å². The van der Waals surface area contributed by atoms with Gasteiger partial charge in [-0.3, -0.25) is 24.0 Å². The van der Waals surface area contributed by atoms with E-state index in [-0.39, 0.29) is 37.5 Å². The highest BCUT2D eigenvalue weighted by Crippen LogP contribution is 2.22. The van der Waals surface area contributed by atoms with E-state index in [2.05, 4.69) is 20.9 Å². The van der Waals surface area contributed by atoms with Gasteiger partial charge in [0.2, 0.25) is 17.6 Å². The maximum Gasteiger partial charge on any atom is 0.289 e. The van der Waals surface area contributed by atoms with Gasteiger partial charge in [-0.15, -0.1) is 0 Å². The van der Waals surface area contributed by atoms with Crippen LogP contribution in [0.1, 0.15) is 47.3 Å². The van der Waals surface area contributed by atoms with Crippen LogP contribution in [0.3, 0.4) is 0 Å². The number of aromatic amines is 1. The number of benzene rings is 3. The number of Topliss-reactive ketones (excluding diaryl/α,β-unsaturated/α-hetero) is 2. The molecule has 5 rings (SSSR count). The molecule has 1 saturated heterocycles. The highest BCUT2D eigenvalue weighted by molar-refractivity contribution is 6.38. The fraction of sp³-hybridized carbons (Fsp3) is 0.286. The minimum Gasteiger partial charge on any atom is -0.356 e. The van der Waals surface area contributed by atoms with Gasteiger partial charge in [0.25, 0.3) is 5.91 Å². The Balaban J connectivity index is 1.35. The molecule has 3 aromatic carbocycles. The Labute approximate surface area is 255 Å². The molecule has 44 heavy (non-hydrogen) atoms. The number of H-pyrrole nitrogens is 1. The van der Waals surface area contributed by atoms with E-state index < -0.39 is 35.5 Å². The summed E-state index contributed by atoms with van der Waals surface area (Å²) >= 11 is 0. The SMILES string of the molecule is O=C(NCc1ccccc1)C(=O)[C@H](C[C@@H]1CCCNC1=O)NC(=O)[C@@H](CC(=O)c1cc2ccccc2[nH]1)Cc1ccccc1. The molecule has 1 aliphatic heterocycles. The highest BCUT2D eigenvalue weighted by Gasteiger charge is 2.35. The van der Waals surface area contributed by atoms with Crippen LogP contribution in [0.25, 0.3) is 10.9 Å². The maximum absolute atomic E-state index is 13.9. The average Bonchev–Trinajstić information content (AvgIpc) is 3.49. The molecule has 9 nitrogen and oxygen atoms in total. The number of nitrogens with one attached hydrogen (secondary N) is 4. The molecule has 3 amide bonds. The van der Waals surface area contributed by atoms with Crippen molar-refractivity contribution in [3.05, 3.63) is 108 Å². The van der Waals surface area contributed by atoms with Gasteiger partial charge in [-0.2, -0.15) is 0 Å². The Morgan fingerprint density at radius 2 is 1.55 bits per heavy atom. The molecule has 0 spiro atoms. The van der Waals surface area contributed by atoms with E-state index in [9.17, 15) is 24.0 Å². The van der Waals surface area contributed by atoms with E-state index in [1.807, 2.05) is 84.9 Å². The fourth-order valence-corrected chi connectivity index (χ4v) is 5.60. The molecule has 3 atom stereocenters. The van der Waals surface area contributed by atoms with E-state index in [0.717, 1.165) is 28.5 Å². The van der Waals surface area contributed by atoms with Crippen molar-refractivity contribution in [3.63, 3.8) is 0 Å². The number of ketones is 2. The van der Waals surface area contributed by atoms with Crippen molar-refractivity contribution in [2.75, 3.05) is 6.54 Å². The molecular formula is C35H36N4O5. The molecule has 4 N–H and O–H groups in total. The number of hydrogen-bond donors (Lipinski definition) is 4. The molecule has 226 valence electrons. The standard InChI is InChI=1S/C35H36N4O5/c40-31(29-19-25-14-7-8-16-28(25)38-29)21-27(18-23-10-3-1-4-11-23)34(43)39-30(20-26-15-9-17-36-33(26)42)32(41)35(44)37-22-24-12-5-2-6-13-24/h1-8,10-14,16,19,26-27,30,38H,9,15,17-18,20-22H2,(H,36,42)(H,37,44)(H,39,43)/t26-,27+,30-/m0/s1. The van der Waals surface area contributed by atoms with E-state index in [4.69, 9.17) is 0 Å². The summed E-state index contributed by atoms with van der Waals surface area (Å²) in [5, 5.41) is 9.11. The zero-order valence-corrected chi connectivity index (χ0v) is 24.4. The predicted octanol–water partition coefficient (Wildman–Crippen LogP) is 3.89. The van der Waals surface area contributed by atoms with Gasteiger partial charge in [0.1, 0.15) is 0 Å². The van der Waals surface area contributed by atoms with Gasteiger partial charge in [-0.25, -0.2) is 0 Å². The lowest BCUT2D eigenvalue weighted by Gasteiger charge is -2.27. The number of hydrogen-bond acceptors (Lipinski definition) is 5. The van der Waals surface area contributed by atoms with Crippen molar-refractivity contribution in [2.24, 2.45) is 11.8 Å². The Morgan fingerprint density at radius 1 is 0.864 bits per heavy atom. The van der Waals surface area contributed by atoms with Crippen LogP contribution >= 0.6 is 0 Å². The molecular weight excluding hydrogens is 556 g/mol. The summed E-state index contributed by atoms with van der Waals surface area (Å²) in [6, 6.07) is 26.6. The Kier molecular flexibility index (Phi) is 9.96. The summed E-state index contributed by atoms with van der Waals surface area (Å²) < 4.78 is 0. The van der Waals surface area contributed by atoms with Gasteiger partial charge < -0.3 is 20.9 Å². The first-order valence-electron chi connectivity index (χ1n) is 15.0. The van der Waals surface area contributed by atoms with Crippen molar-refractivity contribution < 1.29 is 24.0 Å². The van der Waals surface area contributed by atoms with Crippen LogP contribution in [0.2, 0.25) is 0 Å². The second kappa shape index (κ2) is 14.4. The summed E-state index contributed by atoms with van der Waals surface area (Å²) in [6.07, 6.45) is 1.41. The number of para-hydroxylation sites is 1. The van der Waals surface area contributed by atoms with Crippen molar-refractivity contribution in [2.45, 2.75) is 44.7 Å². The number of rotatable bonds is 13. The normalized spacial score (nSPS) is 16.0. The van der Waals surface area contributed by atoms with Crippen LogP contribution in [-0.2, 0) is 32.1 Å². The first kappa shape index (κ1) is 30.4. The topological polar surface area (TPSA) is 137 Å². The second-order valence-corrected chi connectivity index (χ2v) is 11.2. The van der Waals surface area contributed by atoms with E-state index >= 15 is 0 Å². The minimum absolute atomic E-state index is 0.0107. The van der Waals surface area contributed by atoms with Gasteiger partial charge in [0.05, 0.1) is 11.7 Å². The van der Waals surface area contributed by atoms with E-state index in [0.29, 0.717) is 18.7 Å². The first-order chi connectivity index (χ1) is 21.4. The number of carbonyl (C=O) groups is 5. The van der Waals surface area contributed by atoms with Crippen LogP contribution < -0.4 is 16.0 Å². The third-order valence-electron chi connectivity index (χ3n) is 8.03. The highest BCUT2D eigenvalue weighted by atomic mass is 16.2. The Bertz CT molecular complexity index is 1600. The molecule has 0 aliphatic carbocycles. The summed E-state index contributed by atoms with van der Waals surface area (Å²) in [7, 11) is 0. The predicted molar refractivity (Wildman–Crippen MR) is 166 cm³/mol. The molecule has 1 aliphatic rings. The molecule has 4 aromatic rings. The van der Waals surface area contributed by atoms with Crippen LogP contribution in [0.5, 0.6) is 0 Å². The first-order valence-corrected chi connectivity index (χ1v) is 15.0. The summed E-state index contributed by atoms with van der Waals surface area (Å²) in [4.78, 5) is 69.5. The lowest BCUT2D eigenvalue weighted by molar-refractivity contribution is -0.141. The van der Waals surface area contributed by atoms with Gasteiger partial charge in [-0.1, -0.05) is 78.9 Å². The molecule has 0 saturated carbocycles. The number of aromatic nitrogens is 1. The van der Waals surface area contributed by atoms with E-state index in [1.165, 1.54) is 0 Å². The van der Waals surface area contributed by atoms with Crippen LogP contribution in [0, 0.1) is 11.8 Å². The molecule has 1 aromatic heterocycles. The Morgan fingerprint density at radius 3 is 2.25 bits per heavy atom. The molecule has 0 radical (unpaired) electrons. The third kappa shape index (κ3) is 7.86. The fourth-order valence-electron chi connectivity index (χ4n) is 5.60. The second-order valence-electron chi connectivity index (χ2n) is 11.2. The lowest BCUT2D eigenvalue weighted by Crippen LogP contribution is -2.51. The van der Waals surface area contributed by atoms with Gasteiger partial charge in [0.15, 0.2) is 5.78 Å². The molecule has 0 unspecified atom stereocenters. The van der Waals surface area contributed by atoms with Crippen molar-refractivity contribution >= 4 is 40.2 Å². The number of amides is 3. The minimum atomic E-state index is -1.23. The number of piperidine rings is 1. The zero-order chi connectivity index (χ0) is 30.9. The van der Waals surface area contributed by atoms with Gasteiger partial charge >= 0.3 is 0 Å². The summed E-state index contributed by atoms with van der Waals surface area (Å²) in [5.74, 6) is -3.99. The largest absolute Gasteiger partial charge is 0.356 e. The third-order valence-corrected chi connectivity index (χ3v) is 8.03. The average molecular weight is 593 g/mol. The maximum atomic E-state index is 13.9. The Hall–Kier alpha value is -5.05. The summed E-state index contributed by atoms with van der Waals surface area (Å²) in [6.45, 7) is 0.693. The van der Waals surface area contributed by atoms with Crippen molar-refractivity contribution in [3.8, 4) is 0 Å². The monoisotopic (exact) mass is 592 g/mol. The van der Waals surface area contributed by atoms with Crippen molar-refractivity contribution in [1.29, 1.82) is 0 Å². The van der Waals surface area contributed by atoms with Crippen LogP contribution in [-0.4, -0.2) is 46.9 Å². The van der Waals surface area contributed by atoms with Gasteiger partial charge in [-0.05, 0) is 48.9 Å². The zero-order valence-electron chi connectivity index (χ0n) is 24.4. The molecule has 9 heteroatoms. The smallest absolute Gasteiger partial charge is 0.289 e. The molecule has 1 fully saturated rings. The number of fused-ring (bicyclic) bond motifs is 1. The van der Waals surface area contributed by atoms with Crippen LogP contribution in [0.4, 0.5) is 0 Å². The van der Waals surface area contributed by atoms with Crippen LogP contribution in [0.15, 0.2) is 91.0 Å². The lowest BCUT2D eigenvalue weighted by atomic mass is 9.88. The van der Waals surface area contributed by atoms with Crippen molar-refractivity contribution in [1.82, 2.24) is 20.9 Å². The molecule has 2 heterocycles. The number of carbonyl (C=O) groups excluding carboxylic acids is 5. The summed E-state index contributed by atoms with van der Waals surface area (Å²) in [5.41, 5.74) is 2.88. The quantitative estimate of drug-likeness (QED) is 0.138.